The molecule has 42 heavy (non-hydrogen) atoms. The van der Waals surface area contributed by atoms with Crippen LogP contribution >= 0.6 is 11.6 Å². The van der Waals surface area contributed by atoms with Crippen molar-refractivity contribution < 1.29 is 23.4 Å². The average molecular weight is 591 g/mol. The minimum atomic E-state index is -0.499. The highest BCUT2D eigenvalue weighted by Gasteiger charge is 2.23. The van der Waals surface area contributed by atoms with Gasteiger partial charge < -0.3 is 19.5 Å². The summed E-state index contributed by atoms with van der Waals surface area (Å²) < 4.78 is 30.1. The SMILES string of the molecule is COc1cc2ncnc(Nc3ccc(F)c(Cl)c3)c2cc1OCCN1CC(=O)OC(C)C1.c1ccc2ncncc2c1. The lowest BCUT2D eigenvalue weighted by Gasteiger charge is -2.29. The lowest BCUT2D eigenvalue weighted by molar-refractivity contribution is -0.157. The van der Waals surface area contributed by atoms with Gasteiger partial charge in [-0.2, -0.15) is 0 Å². The number of esters is 1. The van der Waals surface area contributed by atoms with Gasteiger partial charge in [0.1, 0.15) is 37.0 Å². The number of rotatable bonds is 7. The van der Waals surface area contributed by atoms with E-state index in [0.29, 0.717) is 53.6 Å². The molecule has 5 aromatic rings. The van der Waals surface area contributed by atoms with Crippen molar-refractivity contribution in [2.24, 2.45) is 0 Å². The summed E-state index contributed by atoms with van der Waals surface area (Å²) in [7, 11) is 1.55. The van der Waals surface area contributed by atoms with Gasteiger partial charge in [-0.15, -0.1) is 0 Å². The van der Waals surface area contributed by atoms with E-state index in [1.54, 1.807) is 31.6 Å². The summed E-state index contributed by atoms with van der Waals surface area (Å²) in [4.78, 5) is 30.2. The van der Waals surface area contributed by atoms with Gasteiger partial charge >= 0.3 is 5.97 Å². The normalized spacial score (nSPS) is 15.0. The monoisotopic (exact) mass is 590 g/mol. The van der Waals surface area contributed by atoms with E-state index in [1.165, 1.54) is 18.5 Å². The van der Waals surface area contributed by atoms with Crippen molar-refractivity contribution in [3.8, 4) is 11.5 Å². The molecule has 3 heterocycles. The fourth-order valence-electron chi connectivity index (χ4n) is 4.43. The van der Waals surface area contributed by atoms with E-state index in [-0.39, 0.29) is 23.6 Å². The molecule has 1 saturated heterocycles. The van der Waals surface area contributed by atoms with E-state index in [2.05, 4.69) is 25.3 Å². The highest BCUT2D eigenvalue weighted by atomic mass is 35.5. The molecule has 1 fully saturated rings. The van der Waals surface area contributed by atoms with Crippen molar-refractivity contribution in [1.82, 2.24) is 24.8 Å². The zero-order chi connectivity index (χ0) is 29.5. The van der Waals surface area contributed by atoms with Crippen molar-refractivity contribution in [2.75, 3.05) is 38.7 Å². The Morgan fingerprint density at radius 3 is 2.69 bits per heavy atom. The average Bonchev–Trinajstić information content (AvgIpc) is 2.99. The van der Waals surface area contributed by atoms with Crippen LogP contribution in [0.25, 0.3) is 21.8 Å². The molecule has 1 unspecified atom stereocenters. The Kier molecular flexibility index (Phi) is 9.20. The molecule has 12 heteroatoms. The topological polar surface area (TPSA) is 112 Å². The van der Waals surface area contributed by atoms with Crippen LogP contribution in [0.4, 0.5) is 15.9 Å². The number of hydrogen-bond acceptors (Lipinski definition) is 10. The van der Waals surface area contributed by atoms with Crippen LogP contribution in [0.1, 0.15) is 6.92 Å². The number of hydrogen-bond donors (Lipinski definition) is 1. The number of methoxy groups -OCH3 is 1. The molecule has 1 atom stereocenters. The smallest absolute Gasteiger partial charge is 0.320 e. The predicted molar refractivity (Wildman–Crippen MR) is 158 cm³/mol. The molecule has 1 aliphatic heterocycles. The number of ether oxygens (including phenoxy) is 3. The van der Waals surface area contributed by atoms with Gasteiger partial charge in [-0.05, 0) is 37.3 Å². The van der Waals surface area contributed by atoms with Gasteiger partial charge in [-0.3, -0.25) is 9.69 Å². The van der Waals surface area contributed by atoms with Gasteiger partial charge in [0.25, 0.3) is 0 Å². The molecule has 3 aromatic carbocycles. The maximum Gasteiger partial charge on any atom is 0.320 e. The quantitative estimate of drug-likeness (QED) is 0.246. The Labute approximate surface area is 246 Å². The van der Waals surface area contributed by atoms with Crippen LogP contribution in [-0.2, 0) is 9.53 Å². The number of cyclic esters (lactones) is 1. The number of para-hydroxylation sites is 1. The number of morpholine rings is 1. The number of nitrogens with one attached hydrogen (secondary N) is 1. The van der Waals surface area contributed by atoms with Gasteiger partial charge in [-0.1, -0.05) is 29.8 Å². The minimum absolute atomic E-state index is 0.00923. The van der Waals surface area contributed by atoms with Crippen molar-refractivity contribution in [2.45, 2.75) is 13.0 Å². The maximum absolute atomic E-state index is 13.5. The van der Waals surface area contributed by atoms with E-state index in [0.717, 1.165) is 10.9 Å². The highest BCUT2D eigenvalue weighted by molar-refractivity contribution is 6.31. The van der Waals surface area contributed by atoms with Crippen LogP contribution in [0, 0.1) is 5.82 Å². The Bertz CT molecular complexity index is 1640. The zero-order valence-electron chi connectivity index (χ0n) is 23.0. The summed E-state index contributed by atoms with van der Waals surface area (Å²) in [5.41, 5.74) is 2.23. The molecule has 0 spiro atoms. The molecule has 0 bridgehead atoms. The Morgan fingerprint density at radius 1 is 1.07 bits per heavy atom. The van der Waals surface area contributed by atoms with Gasteiger partial charge in [0.15, 0.2) is 11.5 Å². The van der Waals surface area contributed by atoms with Crippen LogP contribution in [0.15, 0.2) is 73.4 Å². The zero-order valence-corrected chi connectivity index (χ0v) is 23.7. The second-order valence-electron chi connectivity index (χ2n) is 9.46. The first-order valence-corrected chi connectivity index (χ1v) is 13.5. The summed E-state index contributed by atoms with van der Waals surface area (Å²) in [6, 6.07) is 15.8. The molecule has 0 radical (unpaired) electrons. The second kappa shape index (κ2) is 13.4. The Hall–Kier alpha value is -4.61. The van der Waals surface area contributed by atoms with Crippen molar-refractivity contribution in [1.29, 1.82) is 0 Å². The highest BCUT2D eigenvalue weighted by Crippen LogP contribution is 2.35. The van der Waals surface area contributed by atoms with Crippen molar-refractivity contribution >= 4 is 50.9 Å². The second-order valence-corrected chi connectivity index (χ2v) is 9.87. The van der Waals surface area contributed by atoms with Gasteiger partial charge in [0, 0.05) is 41.8 Å². The molecule has 1 aliphatic rings. The molecule has 0 aliphatic carbocycles. The van der Waals surface area contributed by atoms with E-state index in [9.17, 15) is 9.18 Å². The number of fused-ring (bicyclic) bond motifs is 2. The fourth-order valence-corrected chi connectivity index (χ4v) is 4.62. The minimum Gasteiger partial charge on any atom is -0.493 e. The maximum atomic E-state index is 13.5. The number of aromatic nitrogens is 4. The Morgan fingerprint density at radius 2 is 1.90 bits per heavy atom. The number of carbonyl (C=O) groups excluding carboxylic acids is 1. The molecule has 6 rings (SSSR count). The summed E-state index contributed by atoms with van der Waals surface area (Å²) in [5, 5.41) is 4.93. The lowest BCUT2D eigenvalue weighted by Crippen LogP contribution is -2.45. The van der Waals surface area contributed by atoms with Gasteiger partial charge in [0.2, 0.25) is 0 Å². The molecule has 1 N–H and O–H groups in total. The first-order valence-electron chi connectivity index (χ1n) is 13.1. The summed E-state index contributed by atoms with van der Waals surface area (Å²) in [6.07, 6.45) is 4.65. The van der Waals surface area contributed by atoms with E-state index in [1.807, 2.05) is 42.3 Å². The molecular formula is C30H28ClFN6O4. The van der Waals surface area contributed by atoms with Crippen LogP contribution in [0.3, 0.4) is 0 Å². The van der Waals surface area contributed by atoms with E-state index < -0.39 is 5.82 Å². The van der Waals surface area contributed by atoms with Crippen LogP contribution < -0.4 is 14.8 Å². The van der Waals surface area contributed by atoms with Crippen LogP contribution in [0.2, 0.25) is 5.02 Å². The van der Waals surface area contributed by atoms with Gasteiger partial charge in [0.05, 0.1) is 29.7 Å². The van der Waals surface area contributed by atoms with E-state index in [4.69, 9.17) is 25.8 Å². The fraction of sp³-hybridized carbons (Fsp3) is 0.233. The number of carbonyl (C=O) groups is 1. The van der Waals surface area contributed by atoms with E-state index >= 15 is 0 Å². The predicted octanol–water partition coefficient (Wildman–Crippen LogP) is 5.43. The van der Waals surface area contributed by atoms with Crippen LogP contribution in [0.5, 0.6) is 11.5 Å². The summed E-state index contributed by atoms with van der Waals surface area (Å²) >= 11 is 5.89. The lowest BCUT2D eigenvalue weighted by atomic mass is 10.2. The van der Waals surface area contributed by atoms with Crippen molar-refractivity contribution in [3.05, 3.63) is 84.3 Å². The summed E-state index contributed by atoms with van der Waals surface area (Å²) in [5.74, 6) is 0.821. The summed E-state index contributed by atoms with van der Waals surface area (Å²) in [6.45, 7) is 3.67. The number of anilines is 2. The largest absolute Gasteiger partial charge is 0.493 e. The first kappa shape index (κ1) is 28.9. The van der Waals surface area contributed by atoms with Gasteiger partial charge in [-0.25, -0.2) is 24.3 Å². The molecule has 0 saturated carbocycles. The first-order chi connectivity index (χ1) is 20.4. The molecule has 216 valence electrons. The third-order valence-corrected chi connectivity index (χ3v) is 6.67. The van der Waals surface area contributed by atoms with Crippen molar-refractivity contribution in [3.63, 3.8) is 0 Å². The number of nitrogens with zero attached hydrogens (tertiary/aromatic N) is 5. The molecular weight excluding hydrogens is 563 g/mol. The van der Waals surface area contributed by atoms with Crippen LogP contribution in [-0.4, -0.2) is 70.3 Å². The molecule has 0 amide bonds. The standard InChI is InChI=1S/C22H22ClFN4O4.C8H6N2/c1-13-10-28(11-21(29)32-13)5-6-31-20-8-15-18(9-19(20)30-2)25-12-26-22(15)27-14-3-4-17(24)16(23)7-14;1-2-4-8-7(3-1)5-9-6-10-8/h3-4,7-9,12-13H,5-6,10-11H2,1-2H3,(H,25,26,27);1-6H. The number of benzene rings is 3. The molecule has 10 nitrogen and oxygen atoms in total. The Balaban J connectivity index is 0.000000295. The third-order valence-electron chi connectivity index (χ3n) is 6.38. The number of halogens is 2. The molecule has 2 aromatic heterocycles. The third kappa shape index (κ3) is 7.17.